The van der Waals surface area contributed by atoms with Gasteiger partial charge in [-0.25, -0.2) is 8.42 Å². The highest BCUT2D eigenvalue weighted by Gasteiger charge is 2.38. The molecule has 0 aliphatic carbocycles. The van der Waals surface area contributed by atoms with Crippen LogP contribution in [0.1, 0.15) is 54.7 Å². The number of piperidine rings is 1. The van der Waals surface area contributed by atoms with E-state index in [1.54, 1.807) is 6.20 Å². The molecule has 160 valence electrons. The summed E-state index contributed by atoms with van der Waals surface area (Å²) in [5.74, 6) is -0.163. The number of hydrogen-bond donors (Lipinski definition) is 1. The predicted octanol–water partition coefficient (Wildman–Crippen LogP) is 2.38. The number of ketones is 1. The normalized spacial score (nSPS) is 21.1. The highest BCUT2D eigenvalue weighted by Crippen LogP contribution is 2.34. The molecule has 2 aromatic rings. The van der Waals surface area contributed by atoms with Gasteiger partial charge in [0.1, 0.15) is 0 Å². The van der Waals surface area contributed by atoms with Crippen LogP contribution in [0.4, 0.5) is 0 Å². The van der Waals surface area contributed by atoms with Crippen LogP contribution in [0.3, 0.4) is 0 Å². The number of rotatable bonds is 5. The lowest BCUT2D eigenvalue weighted by molar-refractivity contribution is -0.137. The number of hydrogen-bond acceptors (Lipinski definition) is 5. The van der Waals surface area contributed by atoms with Crippen molar-refractivity contribution >= 4 is 21.7 Å². The number of sulfonamides is 1. The molecule has 2 saturated heterocycles. The van der Waals surface area contributed by atoms with E-state index in [0.29, 0.717) is 31.5 Å². The maximum absolute atomic E-state index is 13.1. The molecule has 0 unspecified atom stereocenters. The van der Waals surface area contributed by atoms with Gasteiger partial charge in [-0.2, -0.15) is 9.40 Å². The van der Waals surface area contributed by atoms with Crippen LogP contribution in [0, 0.1) is 5.92 Å². The summed E-state index contributed by atoms with van der Waals surface area (Å²) < 4.78 is 27.3. The summed E-state index contributed by atoms with van der Waals surface area (Å²) in [4.78, 5) is 26.6. The Bertz CT molecular complexity index is 1010. The van der Waals surface area contributed by atoms with Crippen molar-refractivity contribution in [3.8, 4) is 0 Å². The van der Waals surface area contributed by atoms with Crippen molar-refractivity contribution in [3.63, 3.8) is 0 Å². The number of aromatic nitrogens is 2. The van der Waals surface area contributed by atoms with Crippen molar-refractivity contribution in [2.45, 2.75) is 43.5 Å². The van der Waals surface area contributed by atoms with Gasteiger partial charge in [-0.05, 0) is 50.8 Å². The number of benzene rings is 1. The summed E-state index contributed by atoms with van der Waals surface area (Å²) in [5.41, 5.74) is 1.44. The molecule has 2 fully saturated rings. The lowest BCUT2D eigenvalue weighted by Gasteiger charge is -2.34. The van der Waals surface area contributed by atoms with E-state index in [1.165, 1.54) is 35.5 Å². The molecule has 30 heavy (non-hydrogen) atoms. The second-order valence-electron chi connectivity index (χ2n) is 7.96. The van der Waals surface area contributed by atoms with Crippen LogP contribution in [0.25, 0.3) is 0 Å². The van der Waals surface area contributed by atoms with Crippen LogP contribution >= 0.6 is 0 Å². The number of nitrogens with one attached hydrogen (secondary N) is 1. The van der Waals surface area contributed by atoms with E-state index in [-0.39, 0.29) is 28.5 Å². The number of amides is 1. The standard InChI is InChI=1S/C21H26N4O4S/c1-15(26)16-4-6-18(7-5-16)30(28,29)24-13-9-17(10-14-24)21(27)25-12-2-3-20(25)19-8-11-22-23-19/h4-8,11,17,20H,2-3,9-10,12-14H2,1H3,(H,22,23)/t20-/m0/s1. The quantitative estimate of drug-likeness (QED) is 0.734. The van der Waals surface area contributed by atoms with Gasteiger partial charge in [0.05, 0.1) is 16.6 Å². The van der Waals surface area contributed by atoms with Gasteiger partial charge in [0.25, 0.3) is 0 Å². The van der Waals surface area contributed by atoms with Gasteiger partial charge in [-0.3, -0.25) is 14.7 Å². The monoisotopic (exact) mass is 430 g/mol. The first kappa shape index (κ1) is 20.7. The molecule has 2 aliphatic heterocycles. The molecule has 1 aromatic carbocycles. The minimum atomic E-state index is -3.64. The van der Waals surface area contributed by atoms with Crippen molar-refractivity contribution in [1.29, 1.82) is 0 Å². The van der Waals surface area contributed by atoms with Crippen LogP contribution < -0.4 is 0 Å². The predicted molar refractivity (Wildman–Crippen MR) is 110 cm³/mol. The second kappa shape index (κ2) is 8.31. The van der Waals surface area contributed by atoms with Crippen molar-refractivity contribution < 1.29 is 18.0 Å². The molecule has 0 bridgehead atoms. The molecular weight excluding hydrogens is 404 g/mol. The van der Waals surface area contributed by atoms with Gasteiger partial charge in [-0.1, -0.05) is 12.1 Å². The fourth-order valence-corrected chi connectivity index (χ4v) is 5.86. The highest BCUT2D eigenvalue weighted by molar-refractivity contribution is 7.89. The van der Waals surface area contributed by atoms with Gasteiger partial charge in [0, 0.05) is 37.3 Å². The maximum atomic E-state index is 13.1. The molecule has 1 amide bonds. The van der Waals surface area contributed by atoms with Crippen LogP contribution in [-0.4, -0.2) is 59.1 Å². The van der Waals surface area contributed by atoms with E-state index in [1.807, 2.05) is 11.0 Å². The maximum Gasteiger partial charge on any atom is 0.243 e. The summed E-state index contributed by atoms with van der Waals surface area (Å²) in [6.45, 7) is 2.80. The highest BCUT2D eigenvalue weighted by atomic mass is 32.2. The number of likely N-dealkylation sites (tertiary alicyclic amines) is 1. The number of carbonyl (C=O) groups is 2. The van der Waals surface area contributed by atoms with E-state index >= 15 is 0 Å². The van der Waals surface area contributed by atoms with Crippen LogP contribution in [0.5, 0.6) is 0 Å². The largest absolute Gasteiger partial charge is 0.334 e. The van der Waals surface area contributed by atoms with E-state index < -0.39 is 10.0 Å². The smallest absolute Gasteiger partial charge is 0.243 e. The molecule has 1 aromatic heterocycles. The zero-order chi connectivity index (χ0) is 21.3. The summed E-state index contributed by atoms with van der Waals surface area (Å²) in [7, 11) is -3.64. The van der Waals surface area contributed by atoms with E-state index in [9.17, 15) is 18.0 Å². The topological polar surface area (TPSA) is 103 Å². The van der Waals surface area contributed by atoms with Gasteiger partial charge >= 0.3 is 0 Å². The van der Waals surface area contributed by atoms with Gasteiger partial charge in [0.2, 0.25) is 15.9 Å². The number of Topliss-reactive ketones (excluding diaryl/α,β-unsaturated/α-hetero) is 1. The first-order valence-corrected chi connectivity index (χ1v) is 11.7. The molecule has 3 heterocycles. The molecule has 2 aliphatic rings. The molecule has 0 saturated carbocycles. The molecule has 1 N–H and O–H groups in total. The Morgan fingerprint density at radius 2 is 1.73 bits per heavy atom. The molecule has 0 spiro atoms. The average molecular weight is 431 g/mol. The molecular formula is C21H26N4O4S. The van der Waals surface area contributed by atoms with E-state index in [0.717, 1.165) is 25.1 Å². The van der Waals surface area contributed by atoms with E-state index in [4.69, 9.17) is 0 Å². The fourth-order valence-electron chi connectivity index (χ4n) is 4.39. The van der Waals surface area contributed by atoms with Crippen LogP contribution in [0.2, 0.25) is 0 Å². The van der Waals surface area contributed by atoms with Crippen molar-refractivity contribution in [2.75, 3.05) is 19.6 Å². The molecule has 4 rings (SSSR count). The lowest BCUT2D eigenvalue weighted by atomic mass is 9.96. The van der Waals surface area contributed by atoms with E-state index in [2.05, 4.69) is 10.2 Å². The number of aromatic amines is 1. The Labute approximate surface area is 176 Å². The molecule has 1 atom stereocenters. The third kappa shape index (κ3) is 3.91. The van der Waals surface area contributed by atoms with Crippen molar-refractivity contribution in [2.24, 2.45) is 5.92 Å². The van der Waals surface area contributed by atoms with Crippen molar-refractivity contribution in [1.82, 2.24) is 19.4 Å². The molecule has 9 heteroatoms. The Morgan fingerprint density at radius 1 is 1.03 bits per heavy atom. The van der Waals surface area contributed by atoms with Crippen LogP contribution in [-0.2, 0) is 14.8 Å². The Balaban J connectivity index is 1.40. The Kier molecular flexibility index (Phi) is 5.75. The zero-order valence-corrected chi connectivity index (χ0v) is 17.8. The summed E-state index contributed by atoms with van der Waals surface area (Å²) in [5, 5.41) is 6.97. The minimum Gasteiger partial charge on any atom is -0.334 e. The zero-order valence-electron chi connectivity index (χ0n) is 17.0. The molecule has 0 radical (unpaired) electrons. The summed E-state index contributed by atoms with van der Waals surface area (Å²) >= 11 is 0. The first-order chi connectivity index (χ1) is 14.4. The Hall–Kier alpha value is -2.52. The van der Waals surface area contributed by atoms with Gasteiger partial charge < -0.3 is 4.90 Å². The van der Waals surface area contributed by atoms with Gasteiger partial charge in [-0.15, -0.1) is 0 Å². The van der Waals surface area contributed by atoms with Crippen LogP contribution in [0.15, 0.2) is 41.4 Å². The summed E-state index contributed by atoms with van der Waals surface area (Å²) in [6.07, 6.45) is 4.59. The number of H-pyrrole nitrogens is 1. The second-order valence-corrected chi connectivity index (χ2v) is 9.90. The Morgan fingerprint density at radius 3 is 2.33 bits per heavy atom. The SMILES string of the molecule is CC(=O)c1ccc(S(=O)(=O)N2CCC(C(=O)N3CCC[C@H]3c3ccn[nH]3)CC2)cc1. The number of carbonyl (C=O) groups excluding carboxylic acids is 2. The third-order valence-corrected chi connectivity index (χ3v) is 8.03. The third-order valence-electron chi connectivity index (χ3n) is 6.12. The molecule has 8 nitrogen and oxygen atoms in total. The number of nitrogens with zero attached hydrogens (tertiary/aromatic N) is 3. The summed E-state index contributed by atoms with van der Waals surface area (Å²) in [6, 6.07) is 7.96. The lowest BCUT2D eigenvalue weighted by Crippen LogP contribution is -2.44. The minimum absolute atomic E-state index is 0.0292. The first-order valence-electron chi connectivity index (χ1n) is 10.3. The average Bonchev–Trinajstić information content (AvgIpc) is 3.45. The fraction of sp³-hybridized carbons (Fsp3) is 0.476. The van der Waals surface area contributed by atoms with Gasteiger partial charge in [0.15, 0.2) is 5.78 Å². The van der Waals surface area contributed by atoms with Crippen molar-refractivity contribution in [3.05, 3.63) is 47.8 Å².